The summed E-state index contributed by atoms with van der Waals surface area (Å²) in [4.78, 5) is 10.4. The zero-order valence-electron chi connectivity index (χ0n) is 5.45. The molecule has 0 spiro atoms. The molecule has 1 aliphatic heterocycles. The van der Waals surface area contributed by atoms with Crippen molar-refractivity contribution in [1.82, 2.24) is 0 Å². The predicted molar refractivity (Wildman–Crippen MR) is 32.4 cm³/mol. The van der Waals surface area contributed by atoms with E-state index in [-0.39, 0.29) is 0 Å². The van der Waals surface area contributed by atoms with Crippen LogP contribution in [0.1, 0.15) is 0 Å². The van der Waals surface area contributed by atoms with Crippen LogP contribution in [0.4, 0.5) is 0 Å². The minimum atomic E-state index is -0.769. The van der Waals surface area contributed by atoms with Crippen molar-refractivity contribution in [3.8, 4) is 0 Å². The van der Waals surface area contributed by atoms with E-state index in [1.807, 2.05) is 6.08 Å². The van der Waals surface area contributed by atoms with Crippen molar-refractivity contribution in [2.24, 2.45) is 0 Å². The number of allylic oxidation sites excluding steroid dienone is 2. The first-order valence-corrected chi connectivity index (χ1v) is 9.75. The van der Waals surface area contributed by atoms with E-state index >= 15 is 0 Å². The molecule has 0 radical (unpaired) electrons. The molecule has 2 rings (SSSR count). The third-order valence-corrected chi connectivity index (χ3v) is 10.1. The van der Waals surface area contributed by atoms with E-state index in [9.17, 15) is 4.79 Å². The molecule has 1 aliphatic carbocycles. The Morgan fingerprint density at radius 2 is 2.40 bits per heavy atom. The van der Waals surface area contributed by atoms with Crippen molar-refractivity contribution in [2.75, 3.05) is 0 Å². The van der Waals surface area contributed by atoms with Crippen LogP contribution in [0.25, 0.3) is 0 Å². The Hall–Kier alpha value is -0.115. The maximum atomic E-state index is 10.4. The quantitative estimate of drug-likeness (QED) is 0.738. The van der Waals surface area contributed by atoms with Gasteiger partial charge in [0.25, 0.3) is 0 Å². The molecular formula is C7H6HgO2. The number of hydrogen-bond donors (Lipinski definition) is 1. The summed E-state index contributed by atoms with van der Waals surface area (Å²) in [5.41, 5.74) is 0.513. The Morgan fingerprint density at radius 3 is 3.00 bits per heavy atom. The molecule has 10 heavy (non-hydrogen) atoms. The van der Waals surface area contributed by atoms with E-state index in [2.05, 4.69) is 6.08 Å². The summed E-state index contributed by atoms with van der Waals surface area (Å²) in [7, 11) is 0. The van der Waals surface area contributed by atoms with Gasteiger partial charge in [-0.1, -0.05) is 0 Å². The van der Waals surface area contributed by atoms with Gasteiger partial charge in [-0.15, -0.1) is 0 Å². The number of carboxylic acids is 1. The standard InChI is InChI=1S/C7H6O2.Hg/c8-7(9)6-4-2-1-3-5-6;/h1-5H,(H,8,9);. The summed E-state index contributed by atoms with van der Waals surface area (Å²) < 4.78 is 1.64. The summed E-state index contributed by atoms with van der Waals surface area (Å²) in [6.07, 6.45) is 5.81. The van der Waals surface area contributed by atoms with Crippen molar-refractivity contribution in [1.29, 1.82) is 0 Å². The predicted octanol–water partition coefficient (Wildman–Crippen LogP) is 1.24. The first kappa shape index (κ1) is 6.59. The Kier molecular flexibility index (Phi) is 1.44. The first-order chi connectivity index (χ1) is 4.77. The van der Waals surface area contributed by atoms with E-state index in [1.54, 1.807) is 6.08 Å². The van der Waals surface area contributed by atoms with Gasteiger partial charge < -0.3 is 0 Å². The van der Waals surface area contributed by atoms with Crippen molar-refractivity contribution in [3.05, 3.63) is 23.8 Å². The molecule has 0 amide bonds. The van der Waals surface area contributed by atoms with Crippen LogP contribution in [0.15, 0.2) is 23.8 Å². The van der Waals surface area contributed by atoms with Crippen LogP contribution in [0.5, 0.6) is 0 Å². The Bertz CT molecular complexity index is 242. The van der Waals surface area contributed by atoms with Crippen molar-refractivity contribution in [2.45, 2.75) is 6.85 Å². The van der Waals surface area contributed by atoms with Crippen LogP contribution in [-0.4, -0.2) is 11.1 Å². The van der Waals surface area contributed by atoms with Gasteiger partial charge >= 0.3 is 71.1 Å². The van der Waals surface area contributed by atoms with E-state index in [4.69, 9.17) is 5.11 Å². The van der Waals surface area contributed by atoms with E-state index in [0.29, 0.717) is 5.57 Å². The average molecular weight is 323 g/mol. The van der Waals surface area contributed by atoms with Crippen molar-refractivity contribution < 1.29 is 34.5 Å². The molecule has 1 fully saturated rings. The summed E-state index contributed by atoms with van der Waals surface area (Å²) >= 11 is -0.581. The van der Waals surface area contributed by atoms with Gasteiger partial charge in [-0.3, -0.25) is 0 Å². The minimum absolute atomic E-state index is 0.513. The number of carboxylic acid groups (broad SMARTS) is 1. The van der Waals surface area contributed by atoms with Gasteiger partial charge in [-0.2, -0.15) is 0 Å². The van der Waals surface area contributed by atoms with E-state index in [1.165, 1.54) is 0 Å². The van der Waals surface area contributed by atoms with Crippen molar-refractivity contribution in [3.63, 3.8) is 0 Å². The van der Waals surface area contributed by atoms with Crippen LogP contribution < -0.4 is 0 Å². The van der Waals surface area contributed by atoms with Gasteiger partial charge in [0, 0.05) is 0 Å². The monoisotopic (exact) mass is 324 g/mol. The summed E-state index contributed by atoms with van der Waals surface area (Å²) in [6, 6.07) is 0. The molecule has 2 aliphatic rings. The molecule has 2 nitrogen and oxygen atoms in total. The topological polar surface area (TPSA) is 37.3 Å². The second-order valence-electron chi connectivity index (χ2n) is 2.85. The normalized spacial score (nSPS) is 33.0. The third kappa shape index (κ3) is 1.05. The Balaban J connectivity index is 2.23. The molecule has 2 atom stereocenters. The fourth-order valence-corrected chi connectivity index (χ4v) is 6.93. The zero-order chi connectivity index (χ0) is 7.14. The SMILES string of the molecule is O=C(O)C1=C[C@H]2[Hg][CH]2C=C1. The van der Waals surface area contributed by atoms with Gasteiger partial charge in [-0.05, 0) is 0 Å². The fraction of sp³-hybridized carbons (Fsp3) is 0.286. The van der Waals surface area contributed by atoms with Gasteiger partial charge in [0.05, 0.1) is 0 Å². The summed E-state index contributed by atoms with van der Waals surface area (Å²) in [5.74, 6) is -0.769. The molecule has 48 valence electrons. The third-order valence-electron chi connectivity index (χ3n) is 2.05. The van der Waals surface area contributed by atoms with Gasteiger partial charge in [0.2, 0.25) is 0 Å². The van der Waals surface area contributed by atoms with E-state index < -0.39 is 30.5 Å². The molecule has 0 aromatic rings. The number of hydrogen-bond acceptors (Lipinski definition) is 1. The maximum absolute atomic E-state index is 10.4. The Labute approximate surface area is 71.0 Å². The van der Waals surface area contributed by atoms with Gasteiger partial charge in [-0.25, -0.2) is 0 Å². The van der Waals surface area contributed by atoms with Crippen LogP contribution in [-0.2, 0) is 29.4 Å². The first-order valence-electron chi connectivity index (χ1n) is 3.40. The number of carbonyl (C=O) groups is 1. The van der Waals surface area contributed by atoms with Crippen LogP contribution >= 0.6 is 0 Å². The fourth-order valence-electron chi connectivity index (χ4n) is 1.30. The van der Waals surface area contributed by atoms with Crippen LogP contribution in [0.3, 0.4) is 0 Å². The molecule has 3 heteroatoms. The molecule has 1 N–H and O–H groups in total. The molecule has 0 aromatic carbocycles. The number of rotatable bonds is 1. The van der Waals surface area contributed by atoms with Gasteiger partial charge in [0.1, 0.15) is 0 Å². The summed E-state index contributed by atoms with van der Waals surface area (Å²) in [6.45, 7) is 0. The number of fused-ring (bicyclic) bond motifs is 1. The zero-order valence-corrected chi connectivity index (χ0v) is 10.9. The molecule has 0 aromatic heterocycles. The van der Waals surface area contributed by atoms with Crippen molar-refractivity contribution >= 4 is 5.97 Å². The van der Waals surface area contributed by atoms with E-state index in [0.717, 1.165) is 6.85 Å². The molecule has 0 bridgehead atoms. The second kappa shape index (κ2) is 2.19. The molecule has 1 heterocycles. The molecule has 0 saturated carbocycles. The molecule has 1 saturated heterocycles. The Morgan fingerprint density at radius 1 is 1.60 bits per heavy atom. The molecular weight excluding hydrogens is 317 g/mol. The summed E-state index contributed by atoms with van der Waals surface area (Å²) in [5, 5.41) is 8.58. The molecule has 1 unspecified atom stereocenters. The average Bonchev–Trinajstić information content (AvgIpc) is 2.63. The van der Waals surface area contributed by atoms with Crippen LogP contribution in [0, 0.1) is 0 Å². The van der Waals surface area contributed by atoms with Crippen LogP contribution in [0.2, 0.25) is 6.85 Å². The number of aliphatic carboxylic acids is 1. The van der Waals surface area contributed by atoms with Gasteiger partial charge in [0.15, 0.2) is 0 Å². The second-order valence-corrected chi connectivity index (χ2v) is 12.0.